The molecule has 0 radical (unpaired) electrons. The summed E-state index contributed by atoms with van der Waals surface area (Å²) < 4.78 is 3.36. The predicted octanol–water partition coefficient (Wildman–Crippen LogP) is 8.11. The molecule has 12 heteroatoms. The van der Waals surface area contributed by atoms with E-state index in [0.717, 1.165) is 32.6 Å². The highest BCUT2D eigenvalue weighted by Gasteiger charge is 2.25. The van der Waals surface area contributed by atoms with Gasteiger partial charge in [0.05, 0.1) is 21.7 Å². The molecule has 3 heterocycles. The van der Waals surface area contributed by atoms with Gasteiger partial charge in [-0.3, -0.25) is 9.88 Å². The van der Waals surface area contributed by atoms with Crippen molar-refractivity contribution >= 4 is 53.2 Å². The van der Waals surface area contributed by atoms with Gasteiger partial charge in [0.25, 0.3) is 0 Å². The van der Waals surface area contributed by atoms with Crippen molar-refractivity contribution in [1.82, 2.24) is 29.9 Å². The number of thioether (sulfide) groups is 2. The van der Waals surface area contributed by atoms with Crippen molar-refractivity contribution in [2.24, 2.45) is 0 Å². The highest BCUT2D eigenvalue weighted by Crippen LogP contribution is 2.36. The number of halogens is 1. The molecule has 1 aliphatic heterocycles. The van der Waals surface area contributed by atoms with Gasteiger partial charge in [-0.2, -0.15) is 16.9 Å². The lowest BCUT2D eigenvalue weighted by molar-refractivity contribution is 0.251. The highest BCUT2D eigenvalue weighted by atomic mass is 35.5. The second-order valence-corrected chi connectivity index (χ2v) is 14.0. The zero-order valence-electron chi connectivity index (χ0n) is 25.4. The highest BCUT2D eigenvalue weighted by molar-refractivity contribution is 8.03. The van der Waals surface area contributed by atoms with Crippen LogP contribution in [0, 0.1) is 0 Å². The van der Waals surface area contributed by atoms with E-state index in [-0.39, 0.29) is 16.5 Å². The molecule has 2 amide bonds. The molecule has 234 valence electrons. The number of hydrogen-bond acceptors (Lipinski definition) is 7. The van der Waals surface area contributed by atoms with Crippen LogP contribution in [0.25, 0.3) is 23.3 Å². The first-order valence-corrected chi connectivity index (χ1v) is 17.0. The monoisotopic (exact) mass is 669 g/mol. The van der Waals surface area contributed by atoms with Crippen LogP contribution in [-0.4, -0.2) is 41.9 Å². The Balaban J connectivity index is 1.20. The summed E-state index contributed by atoms with van der Waals surface area (Å²) in [5.41, 5.74) is 3.15. The number of carbonyl (C=O) groups is 1. The summed E-state index contributed by atoms with van der Waals surface area (Å²) in [6.45, 7) is 4.49. The molecule has 0 saturated carbocycles. The summed E-state index contributed by atoms with van der Waals surface area (Å²) >= 11 is 9.54. The number of nitrogens with zero attached hydrogens (tertiary/aromatic N) is 5. The average molecular weight is 670 g/mol. The zero-order chi connectivity index (χ0) is 32.3. The van der Waals surface area contributed by atoms with E-state index in [4.69, 9.17) is 16.7 Å². The lowest BCUT2D eigenvalue weighted by Gasteiger charge is -2.18. The second kappa shape index (κ2) is 13.5. The Morgan fingerprint density at radius 3 is 2.65 bits per heavy atom. The van der Waals surface area contributed by atoms with E-state index in [1.807, 2.05) is 83.8 Å². The Kier molecular flexibility index (Phi) is 9.25. The van der Waals surface area contributed by atoms with Crippen LogP contribution in [-0.2, 0) is 17.7 Å². The molecular formula is C34H32ClN7O2S2. The third-order valence-corrected chi connectivity index (χ3v) is 10.1. The average Bonchev–Trinajstić information content (AvgIpc) is 3.59. The molecule has 3 aromatic carbocycles. The largest absolute Gasteiger partial charge is 0.507 e. The quantitative estimate of drug-likeness (QED) is 0.145. The number of para-hydroxylation sites is 1. The first kappa shape index (κ1) is 31.5. The van der Waals surface area contributed by atoms with Gasteiger partial charge in [-0.15, -0.1) is 10.2 Å². The van der Waals surface area contributed by atoms with Crippen molar-refractivity contribution in [2.45, 2.75) is 36.5 Å². The summed E-state index contributed by atoms with van der Waals surface area (Å²) in [7, 11) is 0. The van der Waals surface area contributed by atoms with Gasteiger partial charge in [-0.25, -0.2) is 9.48 Å². The van der Waals surface area contributed by atoms with Gasteiger partial charge in [0.15, 0.2) is 5.82 Å². The maximum absolute atomic E-state index is 13.3. The SMILES string of the molecule is CSC(C)(C)c1cc(NC(=O)NCc2ccccc2SC2=Cn3c(nnc3-c3ccccc3O)CC=C2)n(-c2cccc(Cl)c2)n1. The van der Waals surface area contributed by atoms with Gasteiger partial charge in [0.1, 0.15) is 17.4 Å². The molecular weight excluding hydrogens is 638 g/mol. The summed E-state index contributed by atoms with van der Waals surface area (Å²) in [6, 6.07) is 24.0. The predicted molar refractivity (Wildman–Crippen MR) is 188 cm³/mol. The van der Waals surface area contributed by atoms with Crippen LogP contribution in [0.2, 0.25) is 5.02 Å². The number of aromatic hydroxyl groups is 1. The molecule has 6 rings (SSSR count). The van der Waals surface area contributed by atoms with Crippen LogP contribution < -0.4 is 10.6 Å². The minimum atomic E-state index is -0.355. The minimum absolute atomic E-state index is 0.145. The molecule has 1 aliphatic rings. The number of rotatable bonds is 9. The summed E-state index contributed by atoms with van der Waals surface area (Å²) in [4.78, 5) is 15.2. The standard InChI is InChI=1S/C34H32ClN7O2S2/c1-34(2,45-3)29-19-31(42(40-29)24-12-8-11-23(35)18-24)37-33(44)36-20-22-10-4-7-16-28(22)46-25-13-9-17-30-38-39-32(41(30)21-25)26-14-5-6-15-27(26)43/h4-16,18-19,21,43H,17,20H2,1-3H3,(H2,36,37,44). The second-order valence-electron chi connectivity index (χ2n) is 11.0. The summed E-state index contributed by atoms with van der Waals surface area (Å²) in [6.07, 6.45) is 8.71. The fourth-order valence-electron chi connectivity index (χ4n) is 4.84. The van der Waals surface area contributed by atoms with E-state index in [1.54, 1.807) is 46.4 Å². The van der Waals surface area contributed by atoms with Crippen LogP contribution in [0.15, 0.2) is 101 Å². The van der Waals surface area contributed by atoms with Crippen molar-refractivity contribution in [3.8, 4) is 22.8 Å². The number of hydrogen-bond donors (Lipinski definition) is 3. The summed E-state index contributed by atoms with van der Waals surface area (Å²) in [5, 5.41) is 30.6. The topological polar surface area (TPSA) is 110 Å². The number of amides is 2. The van der Waals surface area contributed by atoms with Gasteiger partial charge >= 0.3 is 6.03 Å². The number of anilines is 1. The molecule has 3 N–H and O–H groups in total. The number of urea groups is 1. The van der Waals surface area contributed by atoms with Crippen LogP contribution >= 0.6 is 35.1 Å². The molecule has 0 aliphatic carbocycles. The number of benzene rings is 3. The molecule has 0 saturated heterocycles. The molecule has 0 spiro atoms. The van der Waals surface area contributed by atoms with Gasteiger partial charge < -0.3 is 10.4 Å². The number of allylic oxidation sites excluding steroid dienone is 2. The number of phenolic OH excluding ortho intramolecular Hbond substituents is 1. The van der Waals surface area contributed by atoms with Crippen LogP contribution in [0.1, 0.15) is 30.9 Å². The van der Waals surface area contributed by atoms with Gasteiger partial charge in [0, 0.05) is 40.1 Å². The first-order chi connectivity index (χ1) is 22.2. The molecule has 5 aromatic rings. The third-order valence-electron chi connectivity index (χ3n) is 7.52. The molecule has 0 unspecified atom stereocenters. The van der Waals surface area contributed by atoms with E-state index in [0.29, 0.717) is 35.2 Å². The lowest BCUT2D eigenvalue weighted by Crippen LogP contribution is -2.29. The third kappa shape index (κ3) is 6.86. The zero-order valence-corrected chi connectivity index (χ0v) is 27.8. The molecule has 9 nitrogen and oxygen atoms in total. The number of nitrogens with one attached hydrogen (secondary N) is 2. The summed E-state index contributed by atoms with van der Waals surface area (Å²) in [5.74, 6) is 2.03. The fraction of sp³-hybridized carbons (Fsp3) is 0.176. The molecule has 0 bridgehead atoms. The van der Waals surface area contributed by atoms with E-state index >= 15 is 0 Å². The lowest BCUT2D eigenvalue weighted by atomic mass is 10.1. The normalized spacial score (nSPS) is 12.7. The van der Waals surface area contributed by atoms with Crippen molar-refractivity contribution in [3.63, 3.8) is 0 Å². The molecule has 2 aromatic heterocycles. The van der Waals surface area contributed by atoms with E-state index in [1.165, 1.54) is 0 Å². The number of phenols is 1. The van der Waals surface area contributed by atoms with Gasteiger partial charge in [-0.1, -0.05) is 71.9 Å². The van der Waals surface area contributed by atoms with Crippen molar-refractivity contribution < 1.29 is 9.90 Å². The Bertz CT molecular complexity index is 1960. The van der Waals surface area contributed by atoms with Crippen LogP contribution in [0.4, 0.5) is 10.6 Å². The number of aromatic nitrogens is 5. The Morgan fingerprint density at radius 2 is 1.85 bits per heavy atom. The van der Waals surface area contributed by atoms with Crippen molar-refractivity contribution in [1.29, 1.82) is 0 Å². The molecule has 0 fully saturated rings. The van der Waals surface area contributed by atoms with Crippen molar-refractivity contribution in [2.75, 3.05) is 11.6 Å². The van der Waals surface area contributed by atoms with E-state index in [9.17, 15) is 9.90 Å². The minimum Gasteiger partial charge on any atom is -0.507 e. The number of carbonyl (C=O) groups excluding carboxylic acids is 1. The maximum atomic E-state index is 13.3. The van der Waals surface area contributed by atoms with Gasteiger partial charge in [-0.05, 0) is 62.1 Å². The molecule has 46 heavy (non-hydrogen) atoms. The Hall–Kier alpha value is -4.45. The number of fused-ring (bicyclic) bond motifs is 1. The Labute approximate surface area is 280 Å². The van der Waals surface area contributed by atoms with Crippen LogP contribution in [0.3, 0.4) is 0 Å². The molecule has 0 atom stereocenters. The maximum Gasteiger partial charge on any atom is 0.320 e. The van der Waals surface area contributed by atoms with E-state index in [2.05, 4.69) is 40.8 Å². The fourth-order valence-corrected chi connectivity index (χ4v) is 6.33. The van der Waals surface area contributed by atoms with E-state index < -0.39 is 0 Å². The smallest absolute Gasteiger partial charge is 0.320 e. The Morgan fingerprint density at radius 1 is 1.04 bits per heavy atom. The van der Waals surface area contributed by atoms with Crippen LogP contribution in [0.5, 0.6) is 5.75 Å². The van der Waals surface area contributed by atoms with Gasteiger partial charge in [0.2, 0.25) is 0 Å². The van der Waals surface area contributed by atoms with Crippen molar-refractivity contribution in [3.05, 3.63) is 118 Å². The first-order valence-electron chi connectivity index (χ1n) is 14.5.